The van der Waals surface area contributed by atoms with Gasteiger partial charge in [-0.3, -0.25) is 0 Å². The second-order valence-electron chi connectivity index (χ2n) is 3.04. The number of ether oxygens (including phenoxy) is 1. The van der Waals surface area contributed by atoms with E-state index < -0.39 is 21.4 Å². The zero-order chi connectivity index (χ0) is 13.2. The zero-order valence-corrected chi connectivity index (χ0v) is 10.0. The Bertz CT molecular complexity index is 581. The van der Waals surface area contributed by atoms with Crippen LogP contribution in [0.5, 0.6) is 5.75 Å². The van der Waals surface area contributed by atoms with Crippen LogP contribution in [0.15, 0.2) is 17.0 Å². The number of halogens is 3. The molecule has 4 nitrogen and oxygen atoms in total. The predicted octanol–water partition coefficient (Wildman–Crippen LogP) is 2.40. The van der Waals surface area contributed by atoms with E-state index in [9.17, 15) is 17.2 Å². The van der Waals surface area contributed by atoms with E-state index in [2.05, 4.69) is 4.74 Å². The molecule has 0 aliphatic carbocycles. The van der Waals surface area contributed by atoms with Gasteiger partial charge in [0.15, 0.2) is 0 Å². The Morgan fingerprint density at radius 3 is 2.47 bits per heavy atom. The molecular formula is C9H6ClF2NO3S. The van der Waals surface area contributed by atoms with Gasteiger partial charge < -0.3 is 4.74 Å². The Kier molecular flexibility index (Phi) is 3.91. The largest absolute Gasteiger partial charge is 0.433 e. The van der Waals surface area contributed by atoms with Crippen LogP contribution in [0, 0.1) is 18.3 Å². The number of nitrogens with zero attached hydrogens (tertiary/aromatic N) is 1. The van der Waals surface area contributed by atoms with Crippen LogP contribution < -0.4 is 4.74 Å². The molecule has 0 aliphatic rings. The topological polar surface area (TPSA) is 67.2 Å². The van der Waals surface area contributed by atoms with E-state index in [4.69, 9.17) is 15.9 Å². The molecule has 0 fully saturated rings. The zero-order valence-electron chi connectivity index (χ0n) is 8.45. The molecule has 0 unspecified atom stereocenters. The highest BCUT2D eigenvalue weighted by Crippen LogP contribution is 2.29. The second-order valence-corrected chi connectivity index (χ2v) is 5.58. The standard InChI is InChI=1S/C9H6ClF2NO3S/c1-5-2-6(4-13)7(16-9(11)12)3-8(5)17(10,14)15/h2-3,9H,1H3. The summed E-state index contributed by atoms with van der Waals surface area (Å²) in [6, 6.07) is 3.55. The molecule has 0 atom stereocenters. The lowest BCUT2D eigenvalue weighted by Gasteiger charge is -2.09. The fraction of sp³-hybridized carbons (Fsp3) is 0.222. The molecule has 0 saturated heterocycles. The average Bonchev–Trinajstić information content (AvgIpc) is 2.17. The Morgan fingerprint density at radius 1 is 1.47 bits per heavy atom. The quantitative estimate of drug-likeness (QED) is 0.798. The van der Waals surface area contributed by atoms with Crippen molar-refractivity contribution in [2.75, 3.05) is 0 Å². The van der Waals surface area contributed by atoms with Gasteiger partial charge in [-0.1, -0.05) is 0 Å². The maximum Gasteiger partial charge on any atom is 0.387 e. The number of alkyl halides is 2. The number of aryl methyl sites for hydroxylation is 1. The first kappa shape index (κ1) is 13.7. The highest BCUT2D eigenvalue weighted by molar-refractivity contribution is 8.13. The van der Waals surface area contributed by atoms with Crippen LogP contribution in [0.3, 0.4) is 0 Å². The summed E-state index contributed by atoms with van der Waals surface area (Å²) in [5.41, 5.74) is -0.00923. The third kappa shape index (κ3) is 3.28. The van der Waals surface area contributed by atoms with Gasteiger partial charge in [0, 0.05) is 16.7 Å². The van der Waals surface area contributed by atoms with E-state index in [1.54, 1.807) is 6.07 Å². The van der Waals surface area contributed by atoms with Crippen molar-refractivity contribution in [3.8, 4) is 11.8 Å². The van der Waals surface area contributed by atoms with Gasteiger partial charge in [-0.2, -0.15) is 14.0 Å². The molecule has 17 heavy (non-hydrogen) atoms. The molecule has 0 saturated carbocycles. The van der Waals surface area contributed by atoms with Gasteiger partial charge >= 0.3 is 6.61 Å². The lowest BCUT2D eigenvalue weighted by atomic mass is 10.1. The van der Waals surface area contributed by atoms with Crippen LogP contribution in [0.25, 0.3) is 0 Å². The van der Waals surface area contributed by atoms with Gasteiger partial charge in [0.25, 0.3) is 9.05 Å². The predicted molar refractivity (Wildman–Crippen MR) is 55.6 cm³/mol. The number of benzene rings is 1. The molecule has 1 rings (SSSR count). The summed E-state index contributed by atoms with van der Waals surface area (Å²) in [4.78, 5) is -0.367. The number of hydrogen-bond donors (Lipinski definition) is 0. The van der Waals surface area contributed by atoms with Crippen molar-refractivity contribution in [2.45, 2.75) is 18.4 Å². The summed E-state index contributed by atoms with van der Waals surface area (Å²) in [6.07, 6.45) is 0. The first-order valence-electron chi connectivity index (χ1n) is 4.20. The Morgan fingerprint density at radius 2 is 2.06 bits per heavy atom. The molecule has 0 amide bonds. The number of rotatable bonds is 3. The Balaban J connectivity index is 3.45. The summed E-state index contributed by atoms with van der Waals surface area (Å²) in [6.45, 7) is -1.77. The van der Waals surface area contributed by atoms with Crippen LogP contribution in [-0.4, -0.2) is 15.0 Å². The van der Waals surface area contributed by atoms with Crippen molar-refractivity contribution >= 4 is 19.7 Å². The van der Waals surface area contributed by atoms with Gasteiger partial charge in [-0.15, -0.1) is 0 Å². The summed E-state index contributed by atoms with van der Waals surface area (Å²) < 4.78 is 50.4. The smallest absolute Gasteiger partial charge is 0.387 e. The lowest BCUT2D eigenvalue weighted by molar-refractivity contribution is -0.0502. The van der Waals surface area contributed by atoms with Gasteiger partial charge in [-0.25, -0.2) is 8.42 Å². The van der Waals surface area contributed by atoms with Crippen LogP contribution in [0.1, 0.15) is 11.1 Å². The molecule has 0 heterocycles. The SMILES string of the molecule is Cc1cc(C#N)c(OC(F)F)cc1S(=O)(=O)Cl. The van der Waals surface area contributed by atoms with Crippen LogP contribution in [0.2, 0.25) is 0 Å². The van der Waals surface area contributed by atoms with Gasteiger partial charge in [0.1, 0.15) is 11.8 Å². The maximum absolute atomic E-state index is 12.1. The maximum atomic E-state index is 12.1. The average molecular weight is 282 g/mol. The van der Waals surface area contributed by atoms with Crippen molar-refractivity contribution in [1.29, 1.82) is 5.26 Å². The molecule has 0 N–H and O–H groups in total. The van der Waals surface area contributed by atoms with Crippen molar-refractivity contribution in [3.05, 3.63) is 23.3 Å². The van der Waals surface area contributed by atoms with Crippen molar-refractivity contribution in [3.63, 3.8) is 0 Å². The van der Waals surface area contributed by atoms with Gasteiger partial charge in [0.2, 0.25) is 0 Å². The van der Waals surface area contributed by atoms with Crippen molar-refractivity contribution in [1.82, 2.24) is 0 Å². The van der Waals surface area contributed by atoms with Crippen molar-refractivity contribution < 1.29 is 21.9 Å². The highest BCUT2D eigenvalue weighted by Gasteiger charge is 2.19. The van der Waals surface area contributed by atoms with Crippen LogP contribution in [0.4, 0.5) is 8.78 Å². The lowest BCUT2D eigenvalue weighted by Crippen LogP contribution is -2.05. The van der Waals surface area contributed by atoms with E-state index in [0.717, 1.165) is 12.1 Å². The van der Waals surface area contributed by atoms with Gasteiger partial charge in [0.05, 0.1) is 10.5 Å². The normalized spacial score (nSPS) is 11.3. The molecule has 0 spiro atoms. The summed E-state index contributed by atoms with van der Waals surface area (Å²) in [7, 11) is 1.04. The number of nitriles is 1. The molecule has 92 valence electrons. The number of hydrogen-bond acceptors (Lipinski definition) is 4. The minimum absolute atomic E-state index is 0.179. The third-order valence-corrected chi connectivity index (χ3v) is 3.34. The molecule has 8 heteroatoms. The fourth-order valence-electron chi connectivity index (χ4n) is 1.21. The second kappa shape index (κ2) is 4.85. The van der Waals surface area contributed by atoms with E-state index in [1.807, 2.05) is 0 Å². The van der Waals surface area contributed by atoms with E-state index in [1.165, 1.54) is 6.92 Å². The molecular weight excluding hydrogens is 276 g/mol. The third-order valence-electron chi connectivity index (χ3n) is 1.88. The summed E-state index contributed by atoms with van der Waals surface area (Å²) in [5, 5.41) is 8.69. The summed E-state index contributed by atoms with van der Waals surface area (Å²) in [5.74, 6) is -0.521. The molecule has 0 aromatic heterocycles. The molecule has 1 aromatic rings. The molecule has 0 radical (unpaired) electrons. The first-order chi connectivity index (χ1) is 7.75. The highest BCUT2D eigenvalue weighted by atomic mass is 35.7. The molecule has 0 bridgehead atoms. The summed E-state index contributed by atoms with van der Waals surface area (Å²) >= 11 is 0. The fourth-order valence-corrected chi connectivity index (χ4v) is 2.40. The van der Waals surface area contributed by atoms with E-state index in [-0.39, 0.29) is 16.0 Å². The van der Waals surface area contributed by atoms with Crippen LogP contribution in [-0.2, 0) is 9.05 Å². The Labute approximate surface area is 101 Å². The van der Waals surface area contributed by atoms with E-state index in [0.29, 0.717) is 0 Å². The Hall–Kier alpha value is -1.39. The minimum atomic E-state index is -4.08. The monoisotopic (exact) mass is 281 g/mol. The van der Waals surface area contributed by atoms with Crippen molar-refractivity contribution in [2.24, 2.45) is 0 Å². The van der Waals surface area contributed by atoms with Crippen LogP contribution >= 0.6 is 10.7 Å². The minimum Gasteiger partial charge on any atom is -0.433 e. The van der Waals surface area contributed by atoms with E-state index >= 15 is 0 Å². The first-order valence-corrected chi connectivity index (χ1v) is 6.51. The molecule has 1 aromatic carbocycles. The van der Waals surface area contributed by atoms with Gasteiger partial charge in [-0.05, 0) is 18.6 Å². The molecule has 0 aliphatic heterocycles.